The molecule has 0 saturated carbocycles. The first-order valence-electron chi connectivity index (χ1n) is 8.78. The van der Waals surface area contributed by atoms with Crippen LogP contribution in [0.4, 0.5) is 5.82 Å². The van der Waals surface area contributed by atoms with E-state index in [-0.39, 0.29) is 17.8 Å². The second-order valence-corrected chi connectivity index (χ2v) is 6.54. The van der Waals surface area contributed by atoms with Crippen LogP contribution in [-0.2, 0) is 9.53 Å². The largest absolute Gasteiger partial charge is 0.469 e. The van der Waals surface area contributed by atoms with E-state index in [1.807, 2.05) is 17.0 Å². The molecular formula is C18H25N3O3. The van der Waals surface area contributed by atoms with Crippen LogP contribution in [0.25, 0.3) is 0 Å². The standard InChI is InChI=1S/C18H25N3O3/c1-24-18(23)14-7-6-12-21(13-14)16-15(8-5-9-19-16)17(22)20-10-3-2-4-11-20/h5,8-9,14H,2-4,6-7,10-13H2,1H3/t14-/m0/s1. The third-order valence-corrected chi connectivity index (χ3v) is 4.92. The highest BCUT2D eigenvalue weighted by Crippen LogP contribution is 2.26. The molecule has 3 rings (SSSR count). The number of methoxy groups -OCH3 is 1. The second-order valence-electron chi connectivity index (χ2n) is 6.54. The van der Waals surface area contributed by atoms with Crippen molar-refractivity contribution in [1.82, 2.24) is 9.88 Å². The lowest BCUT2D eigenvalue weighted by atomic mass is 9.97. The molecule has 1 amide bonds. The highest BCUT2D eigenvalue weighted by Gasteiger charge is 2.30. The van der Waals surface area contributed by atoms with E-state index in [9.17, 15) is 9.59 Å². The Kier molecular flexibility index (Phi) is 5.33. The lowest BCUT2D eigenvalue weighted by Gasteiger charge is -2.34. The summed E-state index contributed by atoms with van der Waals surface area (Å²) in [5.41, 5.74) is 0.643. The van der Waals surface area contributed by atoms with Gasteiger partial charge < -0.3 is 14.5 Å². The summed E-state index contributed by atoms with van der Waals surface area (Å²) in [6.45, 7) is 3.00. The maximum atomic E-state index is 12.9. The smallest absolute Gasteiger partial charge is 0.310 e. The van der Waals surface area contributed by atoms with Crippen molar-refractivity contribution in [3.8, 4) is 0 Å². The van der Waals surface area contributed by atoms with Gasteiger partial charge in [0.2, 0.25) is 0 Å². The molecule has 2 aliphatic heterocycles. The van der Waals surface area contributed by atoms with Crippen LogP contribution in [0.15, 0.2) is 18.3 Å². The van der Waals surface area contributed by atoms with Crippen LogP contribution in [0.1, 0.15) is 42.5 Å². The molecule has 0 aliphatic carbocycles. The maximum Gasteiger partial charge on any atom is 0.310 e. The van der Waals surface area contributed by atoms with Gasteiger partial charge in [0.1, 0.15) is 5.82 Å². The van der Waals surface area contributed by atoms with E-state index in [1.165, 1.54) is 13.5 Å². The average Bonchev–Trinajstić information content (AvgIpc) is 2.67. The van der Waals surface area contributed by atoms with Crippen molar-refractivity contribution >= 4 is 17.7 Å². The number of pyridine rings is 1. The summed E-state index contributed by atoms with van der Waals surface area (Å²) in [7, 11) is 1.42. The molecule has 24 heavy (non-hydrogen) atoms. The highest BCUT2D eigenvalue weighted by molar-refractivity contribution is 5.99. The Balaban J connectivity index is 1.80. The number of nitrogens with zero attached hydrogens (tertiary/aromatic N) is 3. The molecule has 0 bridgehead atoms. The molecule has 1 aromatic heterocycles. The number of rotatable bonds is 3. The van der Waals surface area contributed by atoms with E-state index < -0.39 is 0 Å². The van der Waals surface area contributed by atoms with Crippen LogP contribution in [0.3, 0.4) is 0 Å². The minimum atomic E-state index is -0.181. The van der Waals surface area contributed by atoms with Crippen molar-refractivity contribution in [2.45, 2.75) is 32.1 Å². The summed E-state index contributed by atoms with van der Waals surface area (Å²) >= 11 is 0. The van der Waals surface area contributed by atoms with Crippen LogP contribution in [-0.4, -0.2) is 55.0 Å². The maximum absolute atomic E-state index is 12.9. The van der Waals surface area contributed by atoms with Gasteiger partial charge in [-0.05, 0) is 44.2 Å². The minimum absolute atomic E-state index is 0.0537. The first kappa shape index (κ1) is 16.7. The van der Waals surface area contributed by atoms with Crippen LogP contribution in [0, 0.1) is 5.92 Å². The van der Waals surface area contributed by atoms with Gasteiger partial charge in [0.05, 0.1) is 18.6 Å². The number of carbonyl (C=O) groups excluding carboxylic acids is 2. The fourth-order valence-electron chi connectivity index (χ4n) is 3.61. The molecule has 6 nitrogen and oxygen atoms in total. The number of likely N-dealkylation sites (tertiary alicyclic amines) is 1. The Morgan fingerprint density at radius 3 is 2.71 bits per heavy atom. The number of hydrogen-bond donors (Lipinski definition) is 0. The number of hydrogen-bond acceptors (Lipinski definition) is 5. The number of anilines is 1. The summed E-state index contributed by atoms with van der Waals surface area (Å²) in [4.78, 5) is 33.2. The minimum Gasteiger partial charge on any atom is -0.469 e. The van der Waals surface area contributed by atoms with Gasteiger partial charge in [0, 0.05) is 32.4 Å². The molecule has 6 heteroatoms. The molecule has 0 radical (unpaired) electrons. The number of piperidine rings is 2. The Morgan fingerprint density at radius 1 is 1.17 bits per heavy atom. The third-order valence-electron chi connectivity index (χ3n) is 4.92. The molecule has 0 spiro atoms. The fourth-order valence-corrected chi connectivity index (χ4v) is 3.61. The zero-order valence-electron chi connectivity index (χ0n) is 14.2. The Labute approximate surface area is 142 Å². The van der Waals surface area contributed by atoms with Gasteiger partial charge in [0.25, 0.3) is 5.91 Å². The van der Waals surface area contributed by atoms with Gasteiger partial charge in [-0.25, -0.2) is 4.98 Å². The van der Waals surface area contributed by atoms with Crippen molar-refractivity contribution in [3.63, 3.8) is 0 Å². The van der Waals surface area contributed by atoms with Crippen molar-refractivity contribution in [2.75, 3.05) is 38.2 Å². The molecule has 130 valence electrons. The summed E-state index contributed by atoms with van der Waals surface area (Å²) in [5.74, 6) is 0.419. The molecule has 1 atom stereocenters. The SMILES string of the molecule is COC(=O)[C@H]1CCCN(c2ncccc2C(=O)N2CCCCC2)C1. The van der Waals surface area contributed by atoms with Gasteiger partial charge in [-0.1, -0.05) is 0 Å². The number of ether oxygens (including phenoxy) is 1. The molecule has 2 saturated heterocycles. The highest BCUT2D eigenvalue weighted by atomic mass is 16.5. The van der Waals surface area contributed by atoms with Gasteiger partial charge in [-0.2, -0.15) is 0 Å². The zero-order chi connectivity index (χ0) is 16.9. The van der Waals surface area contributed by atoms with Crippen molar-refractivity contribution < 1.29 is 14.3 Å². The van der Waals surface area contributed by atoms with Crippen molar-refractivity contribution in [3.05, 3.63) is 23.9 Å². The second kappa shape index (κ2) is 7.64. The van der Waals surface area contributed by atoms with Gasteiger partial charge >= 0.3 is 5.97 Å². The quantitative estimate of drug-likeness (QED) is 0.794. The molecule has 1 aromatic rings. The number of aromatic nitrogens is 1. The summed E-state index contributed by atoms with van der Waals surface area (Å²) in [6.07, 6.45) is 6.75. The normalized spacial score (nSPS) is 21.5. The lowest BCUT2D eigenvalue weighted by molar-refractivity contribution is -0.145. The Morgan fingerprint density at radius 2 is 1.96 bits per heavy atom. The van der Waals surface area contributed by atoms with Gasteiger partial charge in [0.15, 0.2) is 0 Å². The lowest BCUT2D eigenvalue weighted by Crippen LogP contribution is -2.41. The van der Waals surface area contributed by atoms with E-state index in [0.717, 1.165) is 45.3 Å². The number of carbonyl (C=O) groups is 2. The first-order valence-corrected chi connectivity index (χ1v) is 8.78. The molecular weight excluding hydrogens is 306 g/mol. The van der Waals surface area contributed by atoms with Crippen LogP contribution >= 0.6 is 0 Å². The molecule has 2 fully saturated rings. The predicted octanol–water partition coefficient (Wildman–Crippen LogP) is 2.10. The van der Waals surface area contributed by atoms with Gasteiger partial charge in [-0.15, -0.1) is 0 Å². The number of esters is 1. The zero-order valence-corrected chi connectivity index (χ0v) is 14.2. The van der Waals surface area contributed by atoms with E-state index >= 15 is 0 Å². The number of amides is 1. The fraction of sp³-hybridized carbons (Fsp3) is 0.611. The van der Waals surface area contributed by atoms with Crippen LogP contribution in [0.2, 0.25) is 0 Å². The van der Waals surface area contributed by atoms with E-state index in [4.69, 9.17) is 4.74 Å². The Bertz CT molecular complexity index is 599. The Hall–Kier alpha value is -2.11. The van der Waals surface area contributed by atoms with Crippen LogP contribution < -0.4 is 4.90 Å². The van der Waals surface area contributed by atoms with Crippen LogP contribution in [0.5, 0.6) is 0 Å². The summed E-state index contributed by atoms with van der Waals surface area (Å²) < 4.78 is 4.89. The van der Waals surface area contributed by atoms with E-state index in [1.54, 1.807) is 6.20 Å². The summed E-state index contributed by atoms with van der Waals surface area (Å²) in [6, 6.07) is 3.66. The van der Waals surface area contributed by atoms with E-state index in [2.05, 4.69) is 9.88 Å². The topological polar surface area (TPSA) is 62.7 Å². The van der Waals surface area contributed by atoms with Crippen molar-refractivity contribution in [1.29, 1.82) is 0 Å². The molecule has 0 N–H and O–H groups in total. The van der Waals surface area contributed by atoms with Crippen molar-refractivity contribution in [2.24, 2.45) is 5.92 Å². The van der Waals surface area contributed by atoms with Gasteiger partial charge in [-0.3, -0.25) is 9.59 Å². The first-order chi connectivity index (χ1) is 11.7. The predicted molar refractivity (Wildman–Crippen MR) is 90.9 cm³/mol. The average molecular weight is 331 g/mol. The third kappa shape index (κ3) is 3.52. The monoisotopic (exact) mass is 331 g/mol. The molecule has 2 aliphatic rings. The molecule has 0 unspecified atom stereocenters. The van der Waals surface area contributed by atoms with E-state index in [0.29, 0.717) is 17.9 Å². The molecule has 0 aromatic carbocycles. The summed E-state index contributed by atoms with van der Waals surface area (Å²) in [5, 5.41) is 0. The molecule has 3 heterocycles.